The molecule has 0 amide bonds. The summed E-state index contributed by atoms with van der Waals surface area (Å²) in [5.41, 5.74) is 2.05. The van der Waals surface area contributed by atoms with Crippen molar-refractivity contribution in [1.29, 1.82) is 5.26 Å². The molecule has 3 nitrogen and oxygen atoms in total. The Bertz CT molecular complexity index is 483. The molecule has 3 heteroatoms. The highest BCUT2D eigenvalue weighted by molar-refractivity contribution is 5.29. The van der Waals surface area contributed by atoms with Crippen LogP contribution in [0.1, 0.15) is 44.6 Å². The van der Waals surface area contributed by atoms with Crippen molar-refractivity contribution in [2.24, 2.45) is 0 Å². The SMILES string of the molecule is COC(C)=C(C#N)CCCC(C)c1ccc(OC)cc1. The molecule has 0 aliphatic carbocycles. The summed E-state index contributed by atoms with van der Waals surface area (Å²) in [6.45, 7) is 4.05. The molecule has 1 aromatic carbocycles. The third-order valence-electron chi connectivity index (χ3n) is 3.61. The van der Waals surface area contributed by atoms with Gasteiger partial charge in [0.25, 0.3) is 0 Å². The van der Waals surface area contributed by atoms with Crippen LogP contribution in [-0.4, -0.2) is 14.2 Å². The maximum Gasteiger partial charge on any atom is 0.118 e. The number of hydrogen-bond donors (Lipinski definition) is 0. The van der Waals surface area contributed by atoms with Crippen LogP contribution in [0.4, 0.5) is 0 Å². The van der Waals surface area contributed by atoms with Crippen molar-refractivity contribution in [3.8, 4) is 11.8 Å². The van der Waals surface area contributed by atoms with E-state index in [1.807, 2.05) is 19.1 Å². The van der Waals surface area contributed by atoms with Crippen molar-refractivity contribution in [3.63, 3.8) is 0 Å². The first kappa shape index (κ1) is 16.1. The number of ether oxygens (including phenoxy) is 2. The molecule has 1 rings (SSSR count). The lowest BCUT2D eigenvalue weighted by atomic mass is 9.94. The van der Waals surface area contributed by atoms with Crippen LogP contribution >= 0.6 is 0 Å². The first-order valence-electron chi connectivity index (χ1n) is 6.90. The van der Waals surface area contributed by atoms with E-state index in [-0.39, 0.29) is 0 Å². The van der Waals surface area contributed by atoms with Crippen molar-refractivity contribution in [1.82, 2.24) is 0 Å². The van der Waals surface area contributed by atoms with Crippen molar-refractivity contribution in [2.75, 3.05) is 14.2 Å². The van der Waals surface area contributed by atoms with E-state index in [9.17, 15) is 0 Å². The van der Waals surface area contributed by atoms with Gasteiger partial charge in [-0.25, -0.2) is 0 Å². The lowest BCUT2D eigenvalue weighted by molar-refractivity contribution is 0.288. The smallest absolute Gasteiger partial charge is 0.118 e. The number of rotatable bonds is 7. The highest BCUT2D eigenvalue weighted by atomic mass is 16.5. The lowest BCUT2D eigenvalue weighted by Gasteiger charge is -2.12. The van der Waals surface area contributed by atoms with E-state index in [4.69, 9.17) is 14.7 Å². The second-order valence-electron chi connectivity index (χ2n) is 4.92. The minimum atomic E-state index is 0.476. The molecule has 0 heterocycles. The number of allylic oxidation sites excluding steroid dienone is 2. The first-order chi connectivity index (χ1) is 9.62. The van der Waals surface area contributed by atoms with Crippen LogP contribution in [0, 0.1) is 11.3 Å². The molecule has 0 aromatic heterocycles. The van der Waals surface area contributed by atoms with Crippen LogP contribution in [0.5, 0.6) is 5.75 Å². The molecular formula is C17H23NO2. The summed E-state index contributed by atoms with van der Waals surface area (Å²) >= 11 is 0. The average Bonchev–Trinajstić information content (AvgIpc) is 2.50. The Morgan fingerprint density at radius 1 is 1.25 bits per heavy atom. The Balaban J connectivity index is 2.51. The van der Waals surface area contributed by atoms with Gasteiger partial charge in [0.05, 0.1) is 25.9 Å². The summed E-state index contributed by atoms with van der Waals surface area (Å²) in [7, 11) is 3.28. The van der Waals surface area contributed by atoms with Gasteiger partial charge in [0.2, 0.25) is 0 Å². The zero-order valence-corrected chi connectivity index (χ0v) is 12.8. The molecule has 0 saturated heterocycles. The molecule has 0 radical (unpaired) electrons. The van der Waals surface area contributed by atoms with Gasteiger partial charge in [0, 0.05) is 0 Å². The molecule has 0 saturated carbocycles. The van der Waals surface area contributed by atoms with E-state index in [1.54, 1.807) is 14.2 Å². The molecule has 0 spiro atoms. The molecule has 0 aliphatic rings. The maximum absolute atomic E-state index is 9.07. The van der Waals surface area contributed by atoms with Gasteiger partial charge < -0.3 is 9.47 Å². The van der Waals surface area contributed by atoms with Crippen LogP contribution in [0.2, 0.25) is 0 Å². The minimum absolute atomic E-state index is 0.476. The van der Waals surface area contributed by atoms with Gasteiger partial charge in [-0.05, 0) is 49.8 Å². The summed E-state index contributed by atoms with van der Waals surface area (Å²) in [5.74, 6) is 2.08. The van der Waals surface area contributed by atoms with Gasteiger partial charge in [-0.2, -0.15) is 5.26 Å². The lowest BCUT2D eigenvalue weighted by Crippen LogP contribution is -1.96. The molecule has 1 atom stereocenters. The molecule has 108 valence electrons. The Hall–Kier alpha value is -1.95. The van der Waals surface area contributed by atoms with E-state index in [1.165, 1.54) is 5.56 Å². The summed E-state index contributed by atoms with van der Waals surface area (Å²) < 4.78 is 10.3. The fourth-order valence-corrected chi connectivity index (χ4v) is 2.12. The predicted molar refractivity (Wildman–Crippen MR) is 80.6 cm³/mol. The number of nitrogens with zero attached hydrogens (tertiary/aromatic N) is 1. The van der Waals surface area contributed by atoms with Crippen LogP contribution in [-0.2, 0) is 4.74 Å². The van der Waals surface area contributed by atoms with Gasteiger partial charge in [-0.15, -0.1) is 0 Å². The van der Waals surface area contributed by atoms with Gasteiger partial charge in [-0.1, -0.05) is 19.1 Å². The van der Waals surface area contributed by atoms with E-state index < -0.39 is 0 Å². The fourth-order valence-electron chi connectivity index (χ4n) is 2.12. The Morgan fingerprint density at radius 2 is 1.90 bits per heavy atom. The monoisotopic (exact) mass is 273 g/mol. The Labute approximate surface area is 121 Å². The zero-order valence-electron chi connectivity index (χ0n) is 12.8. The third kappa shape index (κ3) is 4.62. The third-order valence-corrected chi connectivity index (χ3v) is 3.61. The predicted octanol–water partition coefficient (Wildman–Crippen LogP) is 4.41. The largest absolute Gasteiger partial charge is 0.500 e. The van der Waals surface area contributed by atoms with Crippen molar-refractivity contribution >= 4 is 0 Å². The van der Waals surface area contributed by atoms with Gasteiger partial charge in [0.15, 0.2) is 0 Å². The molecule has 0 N–H and O–H groups in total. The van der Waals surface area contributed by atoms with E-state index in [0.717, 1.165) is 36.3 Å². The van der Waals surface area contributed by atoms with E-state index >= 15 is 0 Å². The molecule has 20 heavy (non-hydrogen) atoms. The van der Waals surface area contributed by atoms with Gasteiger partial charge >= 0.3 is 0 Å². The number of benzene rings is 1. The molecule has 1 aromatic rings. The Morgan fingerprint density at radius 3 is 2.40 bits per heavy atom. The highest BCUT2D eigenvalue weighted by Gasteiger charge is 2.08. The summed E-state index contributed by atoms with van der Waals surface area (Å²) in [5, 5.41) is 9.07. The van der Waals surface area contributed by atoms with Crippen LogP contribution in [0.25, 0.3) is 0 Å². The van der Waals surface area contributed by atoms with Crippen molar-refractivity contribution in [3.05, 3.63) is 41.2 Å². The molecular weight excluding hydrogens is 250 g/mol. The number of hydrogen-bond acceptors (Lipinski definition) is 3. The highest BCUT2D eigenvalue weighted by Crippen LogP contribution is 2.25. The summed E-state index contributed by atoms with van der Waals surface area (Å²) in [6, 6.07) is 10.4. The molecule has 0 aliphatic heterocycles. The zero-order chi connectivity index (χ0) is 15.0. The van der Waals surface area contributed by atoms with E-state index in [2.05, 4.69) is 25.1 Å². The Kier molecular flexibility index (Phi) is 6.66. The second kappa shape index (κ2) is 8.27. The summed E-state index contributed by atoms with van der Waals surface area (Å²) in [4.78, 5) is 0. The van der Waals surface area contributed by atoms with Crippen molar-refractivity contribution in [2.45, 2.75) is 39.0 Å². The molecule has 0 fully saturated rings. The average molecular weight is 273 g/mol. The fraction of sp³-hybridized carbons (Fsp3) is 0.471. The first-order valence-corrected chi connectivity index (χ1v) is 6.90. The van der Waals surface area contributed by atoms with Gasteiger partial charge in [0.1, 0.15) is 11.5 Å². The number of methoxy groups -OCH3 is 2. The van der Waals surface area contributed by atoms with Gasteiger partial charge in [-0.3, -0.25) is 0 Å². The van der Waals surface area contributed by atoms with Crippen LogP contribution in [0.15, 0.2) is 35.6 Å². The second-order valence-corrected chi connectivity index (χ2v) is 4.92. The maximum atomic E-state index is 9.07. The van der Waals surface area contributed by atoms with Crippen molar-refractivity contribution < 1.29 is 9.47 Å². The quantitative estimate of drug-likeness (QED) is 0.545. The standard InChI is InChI=1S/C17H23NO2/c1-13(15-8-10-17(20-4)11-9-15)6-5-7-16(12-18)14(2)19-3/h8-11,13H,5-7H2,1-4H3. The van der Waals surface area contributed by atoms with E-state index in [0.29, 0.717) is 5.92 Å². The molecule has 0 bridgehead atoms. The van der Waals surface area contributed by atoms with Crippen LogP contribution in [0.3, 0.4) is 0 Å². The molecule has 1 unspecified atom stereocenters. The topological polar surface area (TPSA) is 42.2 Å². The minimum Gasteiger partial charge on any atom is -0.500 e. The summed E-state index contributed by atoms with van der Waals surface area (Å²) in [6.07, 6.45) is 2.81. The van der Waals surface area contributed by atoms with Crippen LogP contribution < -0.4 is 4.74 Å². The normalized spacial score (nSPS) is 13.2. The number of nitriles is 1.